The molecule has 0 aliphatic carbocycles. The molecule has 0 bridgehead atoms. The number of fused-ring (bicyclic) bond motifs is 6. The Morgan fingerprint density at radius 2 is 0.972 bits per heavy atom. The van der Waals surface area contributed by atoms with Gasteiger partial charge in [-0.15, -0.1) is 22.7 Å². The molecule has 2 heteroatoms. The Labute approximate surface area is 216 Å². The van der Waals surface area contributed by atoms with E-state index in [1.165, 1.54) is 74.1 Å². The monoisotopic (exact) mass is 492 g/mol. The first-order valence-corrected chi connectivity index (χ1v) is 13.9. The molecule has 0 nitrogen and oxygen atoms in total. The third-order valence-electron chi connectivity index (χ3n) is 7.34. The lowest BCUT2D eigenvalue weighted by molar-refractivity contribution is 1.67. The summed E-state index contributed by atoms with van der Waals surface area (Å²) in [5.41, 5.74) is 5.29. The van der Waals surface area contributed by atoms with Crippen LogP contribution in [0, 0.1) is 0 Å². The van der Waals surface area contributed by atoms with Crippen molar-refractivity contribution in [1.29, 1.82) is 0 Å². The van der Waals surface area contributed by atoms with Gasteiger partial charge in [0.2, 0.25) is 0 Å². The van der Waals surface area contributed by atoms with E-state index in [9.17, 15) is 0 Å². The topological polar surface area (TPSA) is 0 Å². The van der Waals surface area contributed by atoms with Crippen molar-refractivity contribution in [2.75, 3.05) is 0 Å². The van der Waals surface area contributed by atoms with E-state index in [0.29, 0.717) is 0 Å². The third kappa shape index (κ3) is 2.80. The fourth-order valence-electron chi connectivity index (χ4n) is 5.89. The average molecular weight is 493 g/mol. The lowest BCUT2D eigenvalue weighted by Gasteiger charge is -2.19. The molecular formula is C34H20S2. The Kier molecular flexibility index (Phi) is 4.36. The highest BCUT2D eigenvalue weighted by atomic mass is 32.1. The first-order chi connectivity index (χ1) is 17.9. The summed E-state index contributed by atoms with van der Waals surface area (Å²) in [7, 11) is 0. The van der Waals surface area contributed by atoms with Gasteiger partial charge in [0.1, 0.15) is 0 Å². The molecule has 0 unspecified atom stereocenters. The van der Waals surface area contributed by atoms with Gasteiger partial charge in [0.15, 0.2) is 0 Å². The van der Waals surface area contributed by atoms with Crippen molar-refractivity contribution in [1.82, 2.24) is 0 Å². The van der Waals surface area contributed by atoms with Crippen LogP contribution >= 0.6 is 22.7 Å². The van der Waals surface area contributed by atoms with E-state index in [0.717, 1.165) is 0 Å². The molecule has 0 saturated carbocycles. The Bertz CT molecular complexity index is 2030. The summed E-state index contributed by atoms with van der Waals surface area (Å²) < 4.78 is 4.06. The second-order valence-corrected chi connectivity index (χ2v) is 11.3. The SMILES string of the molecule is c1ccc(-c2c3ccccc3c(-c3c4ccsc4cc4sc5ccccc5c34)c3ccccc23)cc1. The minimum absolute atomic E-state index is 1.26. The lowest BCUT2D eigenvalue weighted by Crippen LogP contribution is -1.91. The van der Waals surface area contributed by atoms with Crippen molar-refractivity contribution in [2.45, 2.75) is 0 Å². The highest BCUT2D eigenvalue weighted by Gasteiger charge is 2.22. The van der Waals surface area contributed by atoms with Crippen LogP contribution in [-0.4, -0.2) is 0 Å². The molecule has 2 heterocycles. The zero-order chi connectivity index (χ0) is 23.6. The van der Waals surface area contributed by atoms with Crippen molar-refractivity contribution in [3.8, 4) is 22.3 Å². The van der Waals surface area contributed by atoms with Crippen molar-refractivity contribution >= 4 is 74.5 Å². The van der Waals surface area contributed by atoms with Gasteiger partial charge in [0, 0.05) is 35.8 Å². The molecule has 6 aromatic carbocycles. The molecule has 8 rings (SSSR count). The molecule has 8 aromatic rings. The van der Waals surface area contributed by atoms with Crippen molar-refractivity contribution in [3.63, 3.8) is 0 Å². The summed E-state index contributed by atoms with van der Waals surface area (Å²) in [6, 6.07) is 42.4. The molecule has 36 heavy (non-hydrogen) atoms. The maximum absolute atomic E-state index is 2.40. The smallest absolute Gasteiger partial charge is 0.0376 e. The highest BCUT2D eigenvalue weighted by molar-refractivity contribution is 7.26. The molecule has 0 amide bonds. The van der Waals surface area contributed by atoms with E-state index in [1.54, 1.807) is 0 Å². The molecular weight excluding hydrogens is 473 g/mol. The molecule has 2 aromatic heterocycles. The van der Waals surface area contributed by atoms with Gasteiger partial charge < -0.3 is 0 Å². The summed E-state index contributed by atoms with van der Waals surface area (Å²) in [6.07, 6.45) is 0. The number of hydrogen-bond donors (Lipinski definition) is 0. The molecule has 0 N–H and O–H groups in total. The lowest BCUT2D eigenvalue weighted by atomic mass is 9.84. The van der Waals surface area contributed by atoms with E-state index in [1.807, 2.05) is 22.7 Å². The Hall–Kier alpha value is -3.98. The molecule has 0 spiro atoms. The van der Waals surface area contributed by atoms with Gasteiger partial charge in [0.05, 0.1) is 0 Å². The summed E-state index contributed by atoms with van der Waals surface area (Å²) in [5.74, 6) is 0. The minimum Gasteiger partial charge on any atom is -0.144 e. The second-order valence-electron chi connectivity index (χ2n) is 9.26. The van der Waals surface area contributed by atoms with Crippen molar-refractivity contribution < 1.29 is 0 Å². The van der Waals surface area contributed by atoms with Crippen LogP contribution in [0.4, 0.5) is 0 Å². The molecule has 168 valence electrons. The van der Waals surface area contributed by atoms with Crippen LogP contribution in [0.1, 0.15) is 0 Å². The Balaban J connectivity index is 1.66. The maximum atomic E-state index is 2.40. The molecule has 0 atom stereocenters. The van der Waals surface area contributed by atoms with E-state index in [-0.39, 0.29) is 0 Å². The predicted octanol–water partition coefficient (Wildman–Crippen LogP) is 10.9. The average Bonchev–Trinajstić information content (AvgIpc) is 3.55. The fraction of sp³-hybridized carbons (Fsp3) is 0. The van der Waals surface area contributed by atoms with Gasteiger partial charge in [-0.3, -0.25) is 0 Å². The summed E-state index contributed by atoms with van der Waals surface area (Å²) >= 11 is 3.74. The highest BCUT2D eigenvalue weighted by Crippen LogP contribution is 2.50. The van der Waals surface area contributed by atoms with E-state index >= 15 is 0 Å². The third-order valence-corrected chi connectivity index (χ3v) is 9.33. The molecule has 0 aliphatic rings. The first-order valence-electron chi connectivity index (χ1n) is 12.2. The minimum atomic E-state index is 1.26. The van der Waals surface area contributed by atoms with Gasteiger partial charge in [0.25, 0.3) is 0 Å². The van der Waals surface area contributed by atoms with E-state index < -0.39 is 0 Å². The van der Waals surface area contributed by atoms with Crippen LogP contribution < -0.4 is 0 Å². The van der Waals surface area contributed by atoms with Gasteiger partial charge in [-0.2, -0.15) is 0 Å². The number of hydrogen-bond acceptors (Lipinski definition) is 2. The van der Waals surface area contributed by atoms with Crippen LogP contribution in [0.3, 0.4) is 0 Å². The quantitative estimate of drug-likeness (QED) is 0.211. The van der Waals surface area contributed by atoms with Crippen LogP contribution in [-0.2, 0) is 0 Å². The Morgan fingerprint density at radius 3 is 1.67 bits per heavy atom. The number of thiophene rings is 2. The predicted molar refractivity (Wildman–Crippen MR) is 161 cm³/mol. The second kappa shape index (κ2) is 7.76. The normalized spacial score (nSPS) is 11.9. The van der Waals surface area contributed by atoms with Crippen molar-refractivity contribution in [3.05, 3.63) is 121 Å². The van der Waals surface area contributed by atoms with Gasteiger partial charge in [-0.1, -0.05) is 97.1 Å². The molecule has 0 aliphatic heterocycles. The van der Waals surface area contributed by atoms with Gasteiger partial charge in [-0.05, 0) is 61.8 Å². The van der Waals surface area contributed by atoms with Gasteiger partial charge >= 0.3 is 0 Å². The summed E-state index contributed by atoms with van der Waals surface area (Å²) in [4.78, 5) is 0. The van der Waals surface area contributed by atoms with Crippen LogP contribution in [0.2, 0.25) is 0 Å². The Morgan fingerprint density at radius 1 is 0.389 bits per heavy atom. The van der Waals surface area contributed by atoms with Gasteiger partial charge in [-0.25, -0.2) is 0 Å². The van der Waals surface area contributed by atoms with Crippen LogP contribution in [0.5, 0.6) is 0 Å². The van der Waals surface area contributed by atoms with Crippen LogP contribution in [0.15, 0.2) is 121 Å². The summed E-state index contributed by atoms with van der Waals surface area (Å²) in [6.45, 7) is 0. The maximum Gasteiger partial charge on any atom is 0.0376 e. The van der Waals surface area contributed by atoms with E-state index in [2.05, 4.69) is 121 Å². The van der Waals surface area contributed by atoms with Crippen LogP contribution in [0.25, 0.3) is 74.1 Å². The first kappa shape index (κ1) is 20.2. The fourth-order valence-corrected chi connectivity index (χ4v) is 7.95. The summed E-state index contributed by atoms with van der Waals surface area (Å²) in [5, 5.41) is 11.5. The zero-order valence-corrected chi connectivity index (χ0v) is 21.0. The molecule has 0 fully saturated rings. The number of rotatable bonds is 2. The largest absolute Gasteiger partial charge is 0.144 e. The molecule has 0 saturated heterocycles. The standard InChI is InChI=1S/C34H20S2/c1-2-10-21(11-3-1)31-22-12-4-6-14-24(22)32(25-15-7-5-13-23(25)31)34-27-18-19-35-29(27)20-30-33(34)26-16-8-9-17-28(26)36-30/h1-20H. The van der Waals surface area contributed by atoms with E-state index in [4.69, 9.17) is 0 Å². The van der Waals surface area contributed by atoms with Crippen molar-refractivity contribution in [2.24, 2.45) is 0 Å². The number of benzene rings is 6. The molecule has 0 radical (unpaired) electrons. The zero-order valence-electron chi connectivity index (χ0n) is 19.4.